The van der Waals surface area contributed by atoms with Gasteiger partial charge in [-0.2, -0.15) is 4.39 Å². The van der Waals surface area contributed by atoms with Crippen molar-refractivity contribution in [3.05, 3.63) is 18.0 Å². The highest BCUT2D eigenvalue weighted by Gasteiger charge is 2.27. The number of nitrogens with zero attached hydrogens (tertiary/aromatic N) is 1. The van der Waals surface area contributed by atoms with Gasteiger partial charge in [0, 0.05) is 0 Å². The van der Waals surface area contributed by atoms with Gasteiger partial charge in [0.1, 0.15) is 0 Å². The van der Waals surface area contributed by atoms with Crippen LogP contribution in [0.15, 0.2) is 6.20 Å². The van der Waals surface area contributed by atoms with E-state index in [1.54, 1.807) is 7.05 Å². The lowest BCUT2D eigenvalue weighted by molar-refractivity contribution is -0.708. The molecule has 0 unspecified atom stereocenters. The Labute approximate surface area is 66.1 Å². The summed E-state index contributed by atoms with van der Waals surface area (Å²) in [5, 5.41) is 0. The van der Waals surface area contributed by atoms with Crippen molar-refractivity contribution in [1.29, 1.82) is 0 Å². The van der Waals surface area contributed by atoms with E-state index in [1.165, 1.54) is 10.8 Å². The van der Waals surface area contributed by atoms with E-state index in [0.717, 1.165) is 5.82 Å². The molecule has 0 atom stereocenters. The van der Waals surface area contributed by atoms with Crippen molar-refractivity contribution < 1.29 is 8.96 Å². The summed E-state index contributed by atoms with van der Waals surface area (Å²) in [4.78, 5) is 2.90. The molecule has 0 spiro atoms. The third-order valence-corrected chi connectivity index (χ3v) is 1.69. The first kappa shape index (κ1) is 8.24. The Balaban J connectivity index is 3.15. The van der Waals surface area contributed by atoms with Gasteiger partial charge in [-0.15, -0.1) is 0 Å². The maximum Gasteiger partial charge on any atom is 0.317 e. The standard InChI is InChI=1S/C8H13FN2/c1-8(2,3)7-10-5-6(9)11(7)4/h5H,1-4H3/p+1. The topological polar surface area (TPSA) is 19.7 Å². The maximum atomic E-state index is 12.8. The molecule has 0 aliphatic carbocycles. The lowest BCUT2D eigenvalue weighted by Crippen LogP contribution is -2.40. The van der Waals surface area contributed by atoms with Crippen molar-refractivity contribution in [3.8, 4) is 0 Å². The second-order valence-electron chi connectivity index (χ2n) is 3.77. The van der Waals surface area contributed by atoms with Crippen LogP contribution in [0.2, 0.25) is 0 Å². The summed E-state index contributed by atoms with van der Waals surface area (Å²) in [5.41, 5.74) is -0.0287. The molecule has 1 aromatic rings. The number of halogens is 1. The Bertz CT molecular complexity index is 258. The lowest BCUT2D eigenvalue weighted by Gasteiger charge is -2.11. The van der Waals surface area contributed by atoms with Crippen molar-refractivity contribution in [1.82, 2.24) is 4.98 Å². The fraction of sp³-hybridized carbons (Fsp3) is 0.625. The van der Waals surface area contributed by atoms with Gasteiger partial charge in [0.25, 0.3) is 5.82 Å². The number of H-pyrrole nitrogens is 1. The first-order valence-corrected chi connectivity index (χ1v) is 3.66. The van der Waals surface area contributed by atoms with E-state index in [0.29, 0.717) is 0 Å². The van der Waals surface area contributed by atoms with Crippen molar-refractivity contribution in [2.45, 2.75) is 26.2 Å². The number of hydrogen-bond donors (Lipinski definition) is 1. The van der Waals surface area contributed by atoms with Crippen LogP contribution < -0.4 is 4.57 Å². The molecule has 2 nitrogen and oxygen atoms in total. The molecule has 1 rings (SSSR count). The minimum Gasteiger partial charge on any atom is -0.244 e. The highest BCUT2D eigenvalue weighted by atomic mass is 19.1. The monoisotopic (exact) mass is 157 g/mol. The quantitative estimate of drug-likeness (QED) is 0.547. The van der Waals surface area contributed by atoms with Crippen molar-refractivity contribution in [3.63, 3.8) is 0 Å². The fourth-order valence-electron chi connectivity index (χ4n) is 1.15. The smallest absolute Gasteiger partial charge is 0.244 e. The van der Waals surface area contributed by atoms with E-state index in [2.05, 4.69) is 4.98 Å². The van der Waals surface area contributed by atoms with E-state index >= 15 is 0 Å². The van der Waals surface area contributed by atoms with Gasteiger partial charge in [0.2, 0.25) is 0 Å². The van der Waals surface area contributed by atoms with E-state index < -0.39 is 0 Å². The van der Waals surface area contributed by atoms with Crippen LogP contribution in [0.3, 0.4) is 0 Å². The molecule has 0 bridgehead atoms. The van der Waals surface area contributed by atoms with Crippen LogP contribution in [-0.2, 0) is 12.5 Å². The molecule has 1 heterocycles. The first-order valence-electron chi connectivity index (χ1n) is 3.66. The maximum absolute atomic E-state index is 12.8. The van der Waals surface area contributed by atoms with Gasteiger partial charge in [-0.1, -0.05) is 0 Å². The Morgan fingerprint density at radius 2 is 2.00 bits per heavy atom. The highest BCUT2D eigenvalue weighted by Crippen LogP contribution is 2.16. The third-order valence-electron chi connectivity index (χ3n) is 1.69. The van der Waals surface area contributed by atoms with Crippen LogP contribution in [0.25, 0.3) is 0 Å². The summed E-state index contributed by atoms with van der Waals surface area (Å²) in [6.07, 6.45) is 1.38. The van der Waals surface area contributed by atoms with Crippen LogP contribution >= 0.6 is 0 Å². The Morgan fingerprint density at radius 1 is 1.45 bits per heavy atom. The van der Waals surface area contributed by atoms with Gasteiger partial charge in [-0.3, -0.25) is 0 Å². The summed E-state index contributed by atoms with van der Waals surface area (Å²) < 4.78 is 14.3. The second-order valence-corrected chi connectivity index (χ2v) is 3.77. The zero-order chi connectivity index (χ0) is 8.65. The molecular weight excluding hydrogens is 143 g/mol. The lowest BCUT2D eigenvalue weighted by atomic mass is 9.96. The Kier molecular flexibility index (Phi) is 1.74. The van der Waals surface area contributed by atoms with Crippen LogP contribution in [0.1, 0.15) is 26.6 Å². The highest BCUT2D eigenvalue weighted by molar-refractivity contribution is 4.94. The van der Waals surface area contributed by atoms with E-state index in [-0.39, 0.29) is 11.4 Å². The molecule has 0 fully saturated rings. The van der Waals surface area contributed by atoms with Gasteiger partial charge >= 0.3 is 5.95 Å². The van der Waals surface area contributed by atoms with E-state index in [1.807, 2.05) is 20.8 Å². The number of aromatic nitrogens is 2. The summed E-state index contributed by atoms with van der Waals surface area (Å²) in [7, 11) is 1.71. The summed E-state index contributed by atoms with van der Waals surface area (Å²) >= 11 is 0. The van der Waals surface area contributed by atoms with Gasteiger partial charge in [0.15, 0.2) is 6.20 Å². The Morgan fingerprint density at radius 3 is 2.18 bits per heavy atom. The molecule has 0 radical (unpaired) electrons. The first-order chi connectivity index (χ1) is 4.93. The summed E-state index contributed by atoms with van der Waals surface area (Å²) in [5.74, 6) is 0.671. The molecule has 11 heavy (non-hydrogen) atoms. The molecule has 0 saturated carbocycles. The third kappa shape index (κ3) is 1.42. The zero-order valence-corrected chi connectivity index (χ0v) is 7.40. The number of hydrogen-bond acceptors (Lipinski definition) is 0. The van der Waals surface area contributed by atoms with Crippen molar-refractivity contribution in [2.75, 3.05) is 0 Å². The minimum atomic E-state index is -0.227. The molecule has 3 heteroatoms. The number of imidazole rings is 1. The van der Waals surface area contributed by atoms with E-state index in [4.69, 9.17) is 0 Å². The Hall–Kier alpha value is -0.860. The average Bonchev–Trinajstić information content (AvgIpc) is 2.11. The molecule has 1 aromatic heterocycles. The van der Waals surface area contributed by atoms with Gasteiger partial charge in [0.05, 0.1) is 12.5 Å². The normalized spacial score (nSPS) is 12.1. The molecule has 62 valence electrons. The van der Waals surface area contributed by atoms with Gasteiger partial charge in [-0.25, -0.2) is 9.55 Å². The SMILES string of the molecule is C[n+]1c(F)c[nH]c1C(C)(C)C. The van der Waals surface area contributed by atoms with Crippen LogP contribution in [-0.4, -0.2) is 4.98 Å². The van der Waals surface area contributed by atoms with Crippen LogP contribution in [0.5, 0.6) is 0 Å². The van der Waals surface area contributed by atoms with Gasteiger partial charge in [-0.05, 0) is 20.8 Å². The minimum absolute atomic E-state index is 0.0287. The fourth-order valence-corrected chi connectivity index (χ4v) is 1.15. The van der Waals surface area contributed by atoms with Crippen LogP contribution in [0.4, 0.5) is 4.39 Å². The molecule has 0 saturated heterocycles. The van der Waals surface area contributed by atoms with Crippen molar-refractivity contribution >= 4 is 0 Å². The summed E-state index contributed by atoms with van der Waals surface area (Å²) in [6.45, 7) is 6.12. The average molecular weight is 157 g/mol. The molecule has 0 aromatic carbocycles. The largest absolute Gasteiger partial charge is 0.317 e. The van der Waals surface area contributed by atoms with E-state index in [9.17, 15) is 4.39 Å². The van der Waals surface area contributed by atoms with Gasteiger partial charge < -0.3 is 0 Å². The molecule has 0 aliphatic rings. The zero-order valence-electron chi connectivity index (χ0n) is 7.40. The number of aromatic amines is 1. The number of nitrogens with one attached hydrogen (secondary N) is 1. The second kappa shape index (κ2) is 2.32. The molecular formula is C8H14FN2+. The van der Waals surface area contributed by atoms with Crippen molar-refractivity contribution in [2.24, 2.45) is 7.05 Å². The van der Waals surface area contributed by atoms with Crippen LogP contribution in [0, 0.1) is 5.95 Å². The molecule has 0 amide bonds. The predicted molar refractivity (Wildman–Crippen MR) is 40.6 cm³/mol. The number of rotatable bonds is 0. The molecule has 1 N–H and O–H groups in total. The summed E-state index contributed by atoms with van der Waals surface area (Å²) in [6, 6.07) is 0. The molecule has 0 aliphatic heterocycles. The predicted octanol–water partition coefficient (Wildman–Crippen LogP) is 1.28.